The minimum Gasteiger partial charge on any atom is -0.269 e. The van der Waals surface area contributed by atoms with Gasteiger partial charge in [0.15, 0.2) is 0 Å². The molecule has 0 amide bonds. The van der Waals surface area contributed by atoms with E-state index in [4.69, 9.17) is 23.2 Å². The van der Waals surface area contributed by atoms with Gasteiger partial charge in [0.2, 0.25) is 0 Å². The minimum absolute atomic E-state index is 0.0176. The maximum absolute atomic E-state index is 6.08. The number of halogens is 2. The molecule has 0 N–H and O–H groups in total. The zero-order chi connectivity index (χ0) is 13.6. The van der Waals surface area contributed by atoms with Crippen molar-refractivity contribution in [3.63, 3.8) is 0 Å². The Morgan fingerprint density at radius 1 is 1.22 bits per heavy atom. The van der Waals surface area contributed by atoms with Crippen molar-refractivity contribution in [1.82, 2.24) is 9.78 Å². The smallest absolute Gasteiger partial charge is 0.0631 e. The van der Waals surface area contributed by atoms with Crippen LogP contribution in [0.5, 0.6) is 0 Å². The van der Waals surface area contributed by atoms with Gasteiger partial charge in [0.05, 0.1) is 11.7 Å². The van der Waals surface area contributed by atoms with Crippen LogP contribution in [0.15, 0.2) is 12.3 Å². The second kappa shape index (κ2) is 7.40. The summed E-state index contributed by atoms with van der Waals surface area (Å²) in [6, 6.07) is 2.60. The highest BCUT2D eigenvalue weighted by Gasteiger charge is 2.27. The van der Waals surface area contributed by atoms with E-state index in [-0.39, 0.29) is 5.41 Å². The van der Waals surface area contributed by atoms with Gasteiger partial charge >= 0.3 is 0 Å². The molecule has 0 aliphatic heterocycles. The van der Waals surface area contributed by atoms with Crippen molar-refractivity contribution in [3.8, 4) is 0 Å². The molecular formula is C14H24Cl2N2. The van der Waals surface area contributed by atoms with Crippen molar-refractivity contribution in [2.45, 2.75) is 52.5 Å². The number of aromatic nitrogens is 2. The summed E-state index contributed by atoms with van der Waals surface area (Å²) in [6.07, 6.45) is 6.15. The predicted octanol–water partition coefficient (Wildman–Crippen LogP) is 4.66. The zero-order valence-corrected chi connectivity index (χ0v) is 13.1. The largest absolute Gasteiger partial charge is 0.269 e. The van der Waals surface area contributed by atoms with Gasteiger partial charge in [-0.3, -0.25) is 4.68 Å². The summed E-state index contributed by atoms with van der Waals surface area (Å²) < 4.78 is 2.08. The molecule has 0 radical (unpaired) electrons. The second-order valence-electron chi connectivity index (χ2n) is 5.05. The topological polar surface area (TPSA) is 17.8 Å². The Hall–Kier alpha value is -0.210. The van der Waals surface area contributed by atoms with Crippen molar-refractivity contribution < 1.29 is 0 Å². The van der Waals surface area contributed by atoms with Crippen LogP contribution in [-0.2, 0) is 6.42 Å². The van der Waals surface area contributed by atoms with Crippen LogP contribution in [0.3, 0.4) is 0 Å². The zero-order valence-electron chi connectivity index (χ0n) is 11.6. The van der Waals surface area contributed by atoms with Crippen LogP contribution < -0.4 is 0 Å². The summed E-state index contributed by atoms with van der Waals surface area (Å²) in [5.41, 5.74) is 1.08. The molecule has 0 aromatic carbocycles. The van der Waals surface area contributed by atoms with E-state index in [1.807, 2.05) is 0 Å². The third-order valence-corrected chi connectivity index (χ3v) is 4.99. The van der Waals surface area contributed by atoms with E-state index in [0.717, 1.165) is 31.4 Å². The Bertz CT molecular complexity index is 333. The van der Waals surface area contributed by atoms with E-state index in [2.05, 4.69) is 42.8 Å². The third kappa shape index (κ3) is 3.64. The van der Waals surface area contributed by atoms with Crippen molar-refractivity contribution in [2.24, 2.45) is 5.41 Å². The summed E-state index contributed by atoms with van der Waals surface area (Å²) in [5.74, 6) is 1.18. The highest BCUT2D eigenvalue weighted by molar-refractivity contribution is 6.21. The van der Waals surface area contributed by atoms with Crippen LogP contribution in [0.4, 0.5) is 0 Å². The third-order valence-electron chi connectivity index (χ3n) is 3.85. The van der Waals surface area contributed by atoms with Crippen molar-refractivity contribution in [1.29, 1.82) is 0 Å². The van der Waals surface area contributed by atoms with Crippen LogP contribution in [-0.4, -0.2) is 21.5 Å². The number of nitrogens with zero attached hydrogens (tertiary/aromatic N) is 2. The molecule has 1 rings (SSSR count). The lowest BCUT2D eigenvalue weighted by atomic mass is 9.85. The van der Waals surface area contributed by atoms with Crippen molar-refractivity contribution >= 4 is 23.2 Å². The molecule has 104 valence electrons. The number of alkyl halides is 2. The van der Waals surface area contributed by atoms with E-state index in [1.54, 1.807) is 0 Å². The Kier molecular flexibility index (Phi) is 6.51. The fraction of sp³-hybridized carbons (Fsp3) is 0.786. The SMILES string of the molecule is CCC(CC)n1ccc(CC(CC)(CCl)CCl)n1. The lowest BCUT2D eigenvalue weighted by molar-refractivity contribution is 0.352. The first-order valence-electron chi connectivity index (χ1n) is 6.80. The lowest BCUT2D eigenvalue weighted by Gasteiger charge is -2.27. The fourth-order valence-electron chi connectivity index (χ4n) is 2.17. The molecule has 0 bridgehead atoms. The number of hydrogen-bond acceptors (Lipinski definition) is 1. The maximum atomic E-state index is 6.08. The molecule has 1 aromatic heterocycles. The molecule has 0 saturated heterocycles. The molecule has 0 atom stereocenters. The van der Waals surface area contributed by atoms with Gasteiger partial charge in [-0.15, -0.1) is 23.2 Å². The highest BCUT2D eigenvalue weighted by atomic mass is 35.5. The normalized spacial score (nSPS) is 12.3. The Labute approximate surface area is 121 Å². The Balaban J connectivity index is 2.79. The predicted molar refractivity (Wildman–Crippen MR) is 79.7 cm³/mol. The molecule has 4 heteroatoms. The van der Waals surface area contributed by atoms with Crippen LogP contribution in [0.25, 0.3) is 0 Å². The summed E-state index contributed by atoms with van der Waals surface area (Å²) in [5, 5.41) is 4.68. The molecule has 1 heterocycles. The monoisotopic (exact) mass is 290 g/mol. The van der Waals surface area contributed by atoms with Crippen LogP contribution >= 0.6 is 23.2 Å². The van der Waals surface area contributed by atoms with Gasteiger partial charge in [0, 0.05) is 23.4 Å². The standard InChI is InChI=1S/C14H24Cl2N2/c1-4-13(5-2)18-8-7-12(17-18)9-14(6-3,10-15)11-16/h7-8,13H,4-6,9-11H2,1-3H3. The number of hydrogen-bond donors (Lipinski definition) is 0. The van der Waals surface area contributed by atoms with Crippen molar-refractivity contribution in [2.75, 3.05) is 11.8 Å². The lowest BCUT2D eigenvalue weighted by Crippen LogP contribution is -2.27. The van der Waals surface area contributed by atoms with E-state index >= 15 is 0 Å². The van der Waals surface area contributed by atoms with Gasteiger partial charge in [-0.25, -0.2) is 0 Å². The molecule has 18 heavy (non-hydrogen) atoms. The van der Waals surface area contributed by atoms with E-state index in [1.165, 1.54) is 0 Å². The van der Waals surface area contributed by atoms with Gasteiger partial charge in [-0.1, -0.05) is 20.8 Å². The van der Waals surface area contributed by atoms with Gasteiger partial charge in [-0.05, 0) is 31.7 Å². The molecule has 0 saturated carbocycles. The molecule has 0 unspecified atom stereocenters. The first-order valence-corrected chi connectivity index (χ1v) is 7.87. The van der Waals surface area contributed by atoms with Crippen LogP contribution in [0.1, 0.15) is 51.8 Å². The average Bonchev–Trinajstić information content (AvgIpc) is 2.86. The molecular weight excluding hydrogens is 267 g/mol. The van der Waals surface area contributed by atoms with Crippen LogP contribution in [0, 0.1) is 5.41 Å². The highest BCUT2D eigenvalue weighted by Crippen LogP contribution is 2.30. The van der Waals surface area contributed by atoms with Gasteiger partial charge in [0.1, 0.15) is 0 Å². The summed E-state index contributed by atoms with van der Waals surface area (Å²) in [7, 11) is 0. The second-order valence-corrected chi connectivity index (χ2v) is 5.59. The number of rotatable bonds is 8. The summed E-state index contributed by atoms with van der Waals surface area (Å²) in [4.78, 5) is 0. The average molecular weight is 291 g/mol. The molecule has 1 aromatic rings. The summed E-state index contributed by atoms with van der Waals surface area (Å²) >= 11 is 12.2. The molecule has 0 aliphatic carbocycles. The van der Waals surface area contributed by atoms with Crippen molar-refractivity contribution in [3.05, 3.63) is 18.0 Å². The minimum atomic E-state index is -0.0176. The maximum Gasteiger partial charge on any atom is 0.0631 e. The first kappa shape index (κ1) is 15.8. The van der Waals surface area contributed by atoms with Gasteiger partial charge in [-0.2, -0.15) is 5.10 Å². The first-order chi connectivity index (χ1) is 8.64. The molecule has 2 nitrogen and oxygen atoms in total. The molecule has 0 aliphatic rings. The van der Waals surface area contributed by atoms with Gasteiger partial charge in [0.25, 0.3) is 0 Å². The quantitative estimate of drug-likeness (QED) is 0.637. The Morgan fingerprint density at radius 2 is 1.83 bits per heavy atom. The Morgan fingerprint density at radius 3 is 2.28 bits per heavy atom. The van der Waals surface area contributed by atoms with E-state index < -0.39 is 0 Å². The summed E-state index contributed by atoms with van der Waals surface area (Å²) in [6.45, 7) is 6.54. The van der Waals surface area contributed by atoms with E-state index in [9.17, 15) is 0 Å². The van der Waals surface area contributed by atoms with Gasteiger partial charge < -0.3 is 0 Å². The molecule has 0 fully saturated rings. The molecule has 0 spiro atoms. The van der Waals surface area contributed by atoms with E-state index in [0.29, 0.717) is 17.8 Å². The fourth-order valence-corrected chi connectivity index (χ4v) is 3.02. The van der Waals surface area contributed by atoms with Crippen LogP contribution in [0.2, 0.25) is 0 Å².